The van der Waals surface area contributed by atoms with E-state index >= 15 is 0 Å². The maximum Gasteiger partial charge on any atom is 0.411 e. The van der Waals surface area contributed by atoms with E-state index in [-0.39, 0.29) is 17.5 Å². The summed E-state index contributed by atoms with van der Waals surface area (Å²) < 4.78 is 3.14. The van der Waals surface area contributed by atoms with Gasteiger partial charge in [0.2, 0.25) is 15.8 Å². The molecule has 3 aromatic heterocycles. The normalized spacial score (nSPS) is 22.8. The van der Waals surface area contributed by atoms with E-state index < -0.39 is 30.1 Å². The third-order valence-electron chi connectivity index (χ3n) is 6.44. The number of pyridine rings is 1. The molecule has 34 heavy (non-hydrogen) atoms. The van der Waals surface area contributed by atoms with Gasteiger partial charge < -0.3 is 20.8 Å². The number of hydrogen-bond acceptors (Lipinski definition) is 7. The largest absolute Gasteiger partial charge is 0.477 e. The molecule has 4 N–H and O–H groups in total. The summed E-state index contributed by atoms with van der Waals surface area (Å²) >= 11 is 2.62. The third kappa shape index (κ3) is 3.09. The number of β-lactam (4-membered cyclic amide) rings is 1. The highest BCUT2D eigenvalue weighted by atomic mass is 32.2. The Hall–Kier alpha value is -3.22. The van der Waals surface area contributed by atoms with Gasteiger partial charge >= 0.3 is 12.0 Å². The lowest BCUT2D eigenvalue weighted by molar-refractivity contribution is -0.515. The van der Waals surface area contributed by atoms with Gasteiger partial charge in [0.25, 0.3) is 6.33 Å². The summed E-state index contributed by atoms with van der Waals surface area (Å²) in [7, 11) is 0. The monoisotopic (exact) mass is 500 g/mol. The molecule has 2 amide bonds. The zero-order chi connectivity index (χ0) is 24.5. The Morgan fingerprint density at radius 1 is 1.35 bits per heavy atom. The number of carboxylic acids is 1. The topological polar surface area (TPSA) is 143 Å². The Kier molecular flexibility index (Phi) is 5.26. The molecular weight excluding hydrogens is 478 g/mol. The van der Waals surface area contributed by atoms with Crippen LogP contribution in [0.1, 0.15) is 24.4 Å². The molecule has 0 spiro atoms. The molecule has 176 valence electrons. The van der Waals surface area contributed by atoms with Crippen LogP contribution in [0.4, 0.5) is 4.79 Å². The van der Waals surface area contributed by atoms with Gasteiger partial charge in [0.15, 0.2) is 0 Å². The van der Waals surface area contributed by atoms with Crippen LogP contribution < -0.4 is 10.1 Å². The number of aromatic nitrogens is 3. The smallest absolute Gasteiger partial charge is 0.411 e. The molecule has 2 aliphatic rings. The van der Waals surface area contributed by atoms with Gasteiger partial charge in [-0.15, -0.1) is 4.57 Å². The van der Waals surface area contributed by atoms with Gasteiger partial charge in [-0.05, 0) is 37.7 Å². The van der Waals surface area contributed by atoms with E-state index in [1.54, 1.807) is 29.9 Å². The second kappa shape index (κ2) is 7.93. The van der Waals surface area contributed by atoms with Crippen molar-refractivity contribution < 1.29 is 29.0 Å². The SMILES string of the molecule is Cc1c(C2=C(C(=O)O)N3C(=O)[C@H]([C@@H](C)O)[C@H]3[C@H]2C)sc2c(Sc3ccccn3)n(C(N)=O)c[n+]12. The number of imidazole rings is 1. The maximum absolute atomic E-state index is 12.7. The average molecular weight is 501 g/mol. The van der Waals surface area contributed by atoms with Crippen molar-refractivity contribution in [2.24, 2.45) is 17.6 Å². The van der Waals surface area contributed by atoms with Crippen molar-refractivity contribution in [3.8, 4) is 0 Å². The number of aliphatic carboxylic acids is 1. The van der Waals surface area contributed by atoms with Crippen LogP contribution in [0.15, 0.2) is 46.5 Å². The summed E-state index contributed by atoms with van der Waals surface area (Å²) in [6.45, 7) is 5.27. The number of carbonyl (C=O) groups excluding carboxylic acids is 2. The zero-order valence-corrected chi connectivity index (χ0v) is 20.1. The maximum atomic E-state index is 12.7. The molecule has 0 saturated carbocycles. The molecule has 1 fully saturated rings. The Labute approximate surface area is 202 Å². The van der Waals surface area contributed by atoms with Crippen LogP contribution in [0, 0.1) is 18.8 Å². The molecule has 3 aromatic rings. The fraction of sp³-hybridized carbons (Fsp3) is 0.318. The van der Waals surface area contributed by atoms with E-state index in [1.807, 2.05) is 26.0 Å². The van der Waals surface area contributed by atoms with E-state index in [0.717, 1.165) is 5.69 Å². The van der Waals surface area contributed by atoms with Crippen LogP contribution in [-0.2, 0) is 9.59 Å². The lowest BCUT2D eigenvalue weighted by atomic mass is 9.77. The van der Waals surface area contributed by atoms with Crippen LogP contribution in [-0.4, -0.2) is 54.7 Å². The molecule has 0 aromatic carbocycles. The predicted octanol–water partition coefficient (Wildman–Crippen LogP) is 1.72. The molecule has 0 radical (unpaired) electrons. The Bertz CT molecular complexity index is 1390. The van der Waals surface area contributed by atoms with Crippen LogP contribution >= 0.6 is 23.1 Å². The summed E-state index contributed by atoms with van der Waals surface area (Å²) in [5, 5.41) is 21.4. The summed E-state index contributed by atoms with van der Waals surface area (Å²) in [4.78, 5) is 44.2. The molecule has 4 atom stereocenters. The summed E-state index contributed by atoms with van der Waals surface area (Å²) in [6, 6.07) is 4.39. The number of aryl methyl sites for hydroxylation is 1. The number of rotatable bonds is 5. The number of nitrogens with zero attached hydrogens (tertiary/aromatic N) is 4. The quantitative estimate of drug-likeness (QED) is 0.358. The minimum Gasteiger partial charge on any atom is -0.477 e. The van der Waals surface area contributed by atoms with Crippen LogP contribution in [0.5, 0.6) is 0 Å². The fourth-order valence-corrected chi connectivity index (χ4v) is 7.34. The first-order valence-corrected chi connectivity index (χ1v) is 12.2. The van der Waals surface area contributed by atoms with Crippen LogP contribution in [0.2, 0.25) is 0 Å². The highest BCUT2D eigenvalue weighted by Crippen LogP contribution is 2.52. The van der Waals surface area contributed by atoms with E-state index in [1.165, 1.54) is 32.6 Å². The van der Waals surface area contributed by atoms with Crippen molar-refractivity contribution in [1.82, 2.24) is 14.5 Å². The molecule has 5 rings (SSSR count). The highest BCUT2D eigenvalue weighted by Gasteiger charge is 2.60. The number of thiazole rings is 1. The Balaban J connectivity index is 1.68. The molecule has 10 nitrogen and oxygen atoms in total. The van der Waals surface area contributed by atoms with Crippen molar-refractivity contribution in [2.45, 2.75) is 43.0 Å². The van der Waals surface area contributed by atoms with Gasteiger partial charge in [-0.2, -0.15) is 4.40 Å². The van der Waals surface area contributed by atoms with E-state index in [4.69, 9.17) is 5.73 Å². The second-order valence-electron chi connectivity index (χ2n) is 8.41. The number of nitrogens with two attached hydrogens (primary N) is 1. The third-order valence-corrected chi connectivity index (χ3v) is 8.90. The molecule has 2 aliphatic heterocycles. The number of aliphatic hydroxyl groups is 1. The van der Waals surface area contributed by atoms with Crippen molar-refractivity contribution in [3.63, 3.8) is 0 Å². The van der Waals surface area contributed by atoms with Gasteiger partial charge in [0, 0.05) is 17.7 Å². The van der Waals surface area contributed by atoms with E-state index in [2.05, 4.69) is 4.98 Å². The Morgan fingerprint density at radius 2 is 2.09 bits per heavy atom. The van der Waals surface area contributed by atoms with Gasteiger partial charge in [-0.1, -0.05) is 24.3 Å². The molecule has 1 saturated heterocycles. The van der Waals surface area contributed by atoms with Crippen molar-refractivity contribution >= 4 is 51.4 Å². The van der Waals surface area contributed by atoms with Crippen molar-refractivity contribution in [2.75, 3.05) is 0 Å². The highest BCUT2D eigenvalue weighted by molar-refractivity contribution is 7.99. The number of hydrogen-bond donors (Lipinski definition) is 3. The lowest BCUT2D eigenvalue weighted by Crippen LogP contribution is -2.63. The first kappa shape index (κ1) is 22.6. The minimum absolute atomic E-state index is 0.0475. The summed E-state index contributed by atoms with van der Waals surface area (Å²) in [6.07, 6.45) is 2.36. The number of aliphatic hydroxyl groups excluding tert-OH is 1. The first-order valence-electron chi connectivity index (χ1n) is 10.6. The van der Waals surface area contributed by atoms with Crippen LogP contribution in [0.25, 0.3) is 10.4 Å². The number of amides is 2. The van der Waals surface area contributed by atoms with E-state index in [9.17, 15) is 24.6 Å². The number of primary amides is 1. The molecule has 0 unspecified atom stereocenters. The van der Waals surface area contributed by atoms with Gasteiger partial charge in [0.05, 0.1) is 22.9 Å². The number of carbonyl (C=O) groups is 3. The van der Waals surface area contributed by atoms with Gasteiger partial charge in [0.1, 0.15) is 16.4 Å². The van der Waals surface area contributed by atoms with Crippen molar-refractivity contribution in [3.05, 3.63) is 47.0 Å². The number of carboxylic acid groups (broad SMARTS) is 1. The average Bonchev–Trinajstić information content (AvgIpc) is 3.37. The molecule has 12 heteroatoms. The lowest BCUT2D eigenvalue weighted by Gasteiger charge is -2.46. The molecule has 5 heterocycles. The van der Waals surface area contributed by atoms with Crippen molar-refractivity contribution in [1.29, 1.82) is 0 Å². The second-order valence-corrected chi connectivity index (χ2v) is 10.4. The predicted molar refractivity (Wildman–Crippen MR) is 123 cm³/mol. The fourth-order valence-electron chi connectivity index (χ4n) is 4.91. The standard InChI is InChI=1S/C22H21N5O5S2/c1-9-13(16(21(30)31)27-15(9)14(11(3)28)18(27)29)17-10(2)25-8-26(22(23)32)20(19(25)34-17)33-12-6-4-5-7-24-12/h4-9,11,14-15,28H,1-3H3,(H2-,23,30,31,32)/p+1/t9-,11+,14+,15+/m0/s1. The van der Waals surface area contributed by atoms with Gasteiger partial charge in [-0.3, -0.25) is 4.79 Å². The minimum atomic E-state index is -1.19. The number of fused-ring (bicyclic) bond motifs is 2. The van der Waals surface area contributed by atoms with Crippen LogP contribution in [0.3, 0.4) is 0 Å². The molecule has 0 bridgehead atoms. The zero-order valence-electron chi connectivity index (χ0n) is 18.5. The molecule has 0 aliphatic carbocycles. The van der Waals surface area contributed by atoms with Gasteiger partial charge in [-0.25, -0.2) is 14.6 Å². The van der Waals surface area contributed by atoms with E-state index in [0.29, 0.717) is 25.3 Å². The molecular formula is C22H22N5O5S2+. The summed E-state index contributed by atoms with van der Waals surface area (Å²) in [5.41, 5.74) is 6.85. The Morgan fingerprint density at radius 3 is 2.68 bits per heavy atom. The summed E-state index contributed by atoms with van der Waals surface area (Å²) in [5.74, 6) is -2.49. The first-order chi connectivity index (χ1) is 16.1.